The summed E-state index contributed by atoms with van der Waals surface area (Å²) in [5.74, 6) is -0.646. The van der Waals surface area contributed by atoms with Gasteiger partial charge in [-0.2, -0.15) is 0 Å². The van der Waals surface area contributed by atoms with E-state index in [9.17, 15) is 9.59 Å². The van der Waals surface area contributed by atoms with Gasteiger partial charge in [0.25, 0.3) is 0 Å². The van der Waals surface area contributed by atoms with Crippen LogP contribution in [-0.4, -0.2) is 24.0 Å². The monoisotopic (exact) mass is 277 g/mol. The Morgan fingerprint density at radius 1 is 1.00 bits per heavy atom. The summed E-state index contributed by atoms with van der Waals surface area (Å²) in [6, 6.07) is 7.87. The van der Waals surface area contributed by atoms with Crippen molar-refractivity contribution in [2.24, 2.45) is 0 Å². The molecule has 0 aliphatic heterocycles. The molecule has 0 saturated carbocycles. The Hall–Kier alpha value is -1.84. The Morgan fingerprint density at radius 3 is 2.10 bits per heavy atom. The largest absolute Gasteiger partial charge is 0.481 e. The van der Waals surface area contributed by atoms with Crippen LogP contribution in [0.5, 0.6) is 0 Å². The zero-order valence-electron chi connectivity index (χ0n) is 12.3. The molecule has 20 heavy (non-hydrogen) atoms. The van der Waals surface area contributed by atoms with Crippen molar-refractivity contribution in [2.75, 3.05) is 11.9 Å². The van der Waals surface area contributed by atoms with Gasteiger partial charge in [-0.25, -0.2) is 0 Å². The number of hydrogen-bond acceptors (Lipinski definition) is 2. The minimum absolute atomic E-state index is 0.104. The molecule has 0 saturated heterocycles. The third-order valence-electron chi connectivity index (χ3n) is 3.33. The zero-order chi connectivity index (χ0) is 15.0. The van der Waals surface area contributed by atoms with Gasteiger partial charge in [0.1, 0.15) is 0 Å². The molecule has 0 aliphatic rings. The van der Waals surface area contributed by atoms with E-state index in [4.69, 9.17) is 5.11 Å². The van der Waals surface area contributed by atoms with Gasteiger partial charge in [-0.3, -0.25) is 9.59 Å². The van der Waals surface area contributed by atoms with E-state index in [1.54, 1.807) is 11.9 Å². The number of carbonyl (C=O) groups is 2. The van der Waals surface area contributed by atoms with Crippen LogP contribution in [0.25, 0.3) is 0 Å². The summed E-state index contributed by atoms with van der Waals surface area (Å²) in [4.78, 5) is 24.0. The van der Waals surface area contributed by atoms with Crippen LogP contribution in [0.3, 0.4) is 0 Å². The first-order valence-corrected chi connectivity index (χ1v) is 7.05. The highest BCUT2D eigenvalue weighted by Gasteiger charge is 2.10. The topological polar surface area (TPSA) is 57.6 Å². The van der Waals surface area contributed by atoms with Crippen molar-refractivity contribution in [2.45, 2.75) is 45.4 Å². The third-order valence-corrected chi connectivity index (χ3v) is 3.33. The molecule has 4 heteroatoms. The van der Waals surface area contributed by atoms with Gasteiger partial charge < -0.3 is 10.0 Å². The number of amides is 1. The highest BCUT2D eigenvalue weighted by Crippen LogP contribution is 2.15. The standard InChI is InChI=1S/C16H23NO3/c1-13-9-11-14(12-10-13)17(2)15(18)7-5-3-4-6-8-16(19)20/h9-12H,3-8H2,1-2H3,(H,19,20). The lowest BCUT2D eigenvalue weighted by Gasteiger charge is -2.17. The second kappa shape index (κ2) is 8.35. The summed E-state index contributed by atoms with van der Waals surface area (Å²) in [7, 11) is 1.79. The maximum absolute atomic E-state index is 12.0. The normalized spacial score (nSPS) is 10.3. The number of hydrogen-bond donors (Lipinski definition) is 1. The number of unbranched alkanes of at least 4 members (excludes halogenated alkanes) is 3. The molecule has 1 amide bonds. The van der Waals surface area contributed by atoms with Crippen molar-refractivity contribution in [1.29, 1.82) is 0 Å². The molecule has 0 heterocycles. The van der Waals surface area contributed by atoms with Crippen LogP contribution in [0.4, 0.5) is 5.69 Å². The Balaban J connectivity index is 2.25. The lowest BCUT2D eigenvalue weighted by atomic mass is 10.1. The minimum Gasteiger partial charge on any atom is -0.481 e. The molecule has 0 bridgehead atoms. The molecule has 0 aromatic heterocycles. The van der Waals surface area contributed by atoms with E-state index in [0.29, 0.717) is 12.8 Å². The first kappa shape index (κ1) is 16.2. The molecule has 1 N–H and O–H groups in total. The zero-order valence-corrected chi connectivity index (χ0v) is 12.3. The highest BCUT2D eigenvalue weighted by molar-refractivity contribution is 5.92. The van der Waals surface area contributed by atoms with Crippen molar-refractivity contribution in [3.8, 4) is 0 Å². The van der Waals surface area contributed by atoms with E-state index in [-0.39, 0.29) is 12.3 Å². The molecule has 0 aliphatic carbocycles. The molecule has 1 aromatic carbocycles. The van der Waals surface area contributed by atoms with Gasteiger partial charge in [0.2, 0.25) is 5.91 Å². The van der Waals surface area contributed by atoms with E-state index in [2.05, 4.69) is 0 Å². The van der Waals surface area contributed by atoms with Crippen molar-refractivity contribution in [3.63, 3.8) is 0 Å². The van der Waals surface area contributed by atoms with Crippen molar-refractivity contribution in [1.82, 2.24) is 0 Å². The summed E-state index contributed by atoms with van der Waals surface area (Å²) in [6.45, 7) is 2.02. The van der Waals surface area contributed by atoms with Crippen molar-refractivity contribution in [3.05, 3.63) is 29.8 Å². The molecule has 110 valence electrons. The van der Waals surface area contributed by atoms with E-state index in [1.165, 1.54) is 5.56 Å². The lowest BCUT2D eigenvalue weighted by Crippen LogP contribution is -2.25. The molecular weight excluding hydrogens is 254 g/mol. The number of rotatable bonds is 8. The number of anilines is 1. The Morgan fingerprint density at radius 2 is 1.55 bits per heavy atom. The summed E-state index contributed by atoms with van der Waals surface area (Å²) in [6.07, 6.45) is 4.01. The van der Waals surface area contributed by atoms with Gasteiger partial charge >= 0.3 is 5.97 Å². The van der Waals surface area contributed by atoms with Gasteiger partial charge in [0.15, 0.2) is 0 Å². The van der Waals surface area contributed by atoms with E-state index < -0.39 is 5.97 Å². The molecule has 0 atom stereocenters. The average Bonchev–Trinajstić information content (AvgIpc) is 2.42. The van der Waals surface area contributed by atoms with Gasteiger partial charge in [-0.05, 0) is 31.9 Å². The van der Waals surface area contributed by atoms with Crippen LogP contribution in [0.15, 0.2) is 24.3 Å². The number of carbonyl (C=O) groups excluding carboxylic acids is 1. The molecule has 0 radical (unpaired) electrons. The molecule has 1 rings (SSSR count). The number of aryl methyl sites for hydroxylation is 1. The second-order valence-electron chi connectivity index (χ2n) is 5.10. The smallest absolute Gasteiger partial charge is 0.303 e. The fourth-order valence-corrected chi connectivity index (χ4v) is 1.99. The second-order valence-corrected chi connectivity index (χ2v) is 5.10. The van der Waals surface area contributed by atoms with Crippen LogP contribution in [0, 0.1) is 6.92 Å². The molecule has 0 spiro atoms. The van der Waals surface area contributed by atoms with Gasteiger partial charge in [0, 0.05) is 25.6 Å². The predicted octanol–water partition coefficient (Wildman–Crippen LogP) is 3.38. The third kappa shape index (κ3) is 5.87. The van der Waals surface area contributed by atoms with Gasteiger partial charge in [0.05, 0.1) is 0 Å². The Kier molecular flexibility index (Phi) is 6.77. The van der Waals surface area contributed by atoms with E-state index in [1.807, 2.05) is 31.2 Å². The van der Waals surface area contributed by atoms with Crippen LogP contribution in [0.1, 0.15) is 44.1 Å². The van der Waals surface area contributed by atoms with Crippen molar-refractivity contribution >= 4 is 17.6 Å². The van der Waals surface area contributed by atoms with Crippen molar-refractivity contribution < 1.29 is 14.7 Å². The number of nitrogens with zero attached hydrogens (tertiary/aromatic N) is 1. The SMILES string of the molecule is Cc1ccc(N(C)C(=O)CCCCCCC(=O)O)cc1. The van der Waals surface area contributed by atoms with E-state index in [0.717, 1.165) is 24.9 Å². The minimum atomic E-state index is -0.750. The summed E-state index contributed by atoms with van der Waals surface area (Å²) in [5, 5.41) is 8.52. The number of aliphatic carboxylic acids is 1. The van der Waals surface area contributed by atoms with Crippen LogP contribution >= 0.6 is 0 Å². The molecule has 0 fully saturated rings. The maximum atomic E-state index is 12.0. The quantitative estimate of drug-likeness (QED) is 0.741. The van der Waals surface area contributed by atoms with Gasteiger partial charge in [-0.1, -0.05) is 30.5 Å². The summed E-state index contributed by atoms with van der Waals surface area (Å²) in [5.41, 5.74) is 2.08. The highest BCUT2D eigenvalue weighted by atomic mass is 16.4. The predicted molar refractivity (Wildman–Crippen MR) is 79.9 cm³/mol. The van der Waals surface area contributed by atoms with Crippen LogP contribution < -0.4 is 4.90 Å². The molecule has 1 aromatic rings. The summed E-state index contributed by atoms with van der Waals surface area (Å²) >= 11 is 0. The summed E-state index contributed by atoms with van der Waals surface area (Å²) < 4.78 is 0. The lowest BCUT2D eigenvalue weighted by molar-refractivity contribution is -0.137. The number of benzene rings is 1. The fourth-order valence-electron chi connectivity index (χ4n) is 1.99. The molecular formula is C16H23NO3. The Labute approximate surface area is 120 Å². The van der Waals surface area contributed by atoms with Gasteiger partial charge in [-0.15, -0.1) is 0 Å². The Bertz CT molecular complexity index is 440. The molecule has 0 unspecified atom stereocenters. The fraction of sp³-hybridized carbons (Fsp3) is 0.500. The first-order chi connectivity index (χ1) is 9.50. The van der Waals surface area contributed by atoms with E-state index >= 15 is 0 Å². The molecule has 4 nitrogen and oxygen atoms in total. The van der Waals surface area contributed by atoms with Crippen LogP contribution in [0.2, 0.25) is 0 Å². The van der Waals surface area contributed by atoms with Crippen LogP contribution in [-0.2, 0) is 9.59 Å². The number of carboxylic acids is 1. The first-order valence-electron chi connectivity index (χ1n) is 7.05. The number of carboxylic acid groups (broad SMARTS) is 1. The maximum Gasteiger partial charge on any atom is 0.303 e. The average molecular weight is 277 g/mol.